The zero-order valence-corrected chi connectivity index (χ0v) is 18.8. The predicted molar refractivity (Wildman–Crippen MR) is 115 cm³/mol. The molecule has 1 amide bonds. The van der Waals surface area contributed by atoms with E-state index in [0.717, 1.165) is 25.8 Å². The maximum atomic E-state index is 13.2. The molecule has 28 heavy (non-hydrogen) atoms. The van der Waals surface area contributed by atoms with Crippen LogP contribution in [0.15, 0.2) is 23.1 Å². The Labute approximate surface area is 170 Å². The standard InChI is InChI=1S/C21H35N3O3S/c1-7-15(2)23-28(26,27)19-14-17(22-20(25)21(4,5)6)11-12-18(19)24-13-9-8-10-16(24)3/h11-12,14-16,23H,7-10,13H2,1-6H3,(H,22,25)/t15-,16-/m0/s1. The fourth-order valence-corrected chi connectivity index (χ4v) is 4.80. The van der Waals surface area contributed by atoms with Crippen LogP contribution in [0.25, 0.3) is 0 Å². The van der Waals surface area contributed by atoms with Gasteiger partial charge in [-0.2, -0.15) is 0 Å². The lowest BCUT2D eigenvalue weighted by Crippen LogP contribution is -2.39. The van der Waals surface area contributed by atoms with Crippen LogP contribution in [0.2, 0.25) is 0 Å². The molecule has 0 aliphatic carbocycles. The summed E-state index contributed by atoms with van der Waals surface area (Å²) in [4.78, 5) is 14.8. The first-order valence-electron chi connectivity index (χ1n) is 10.2. The van der Waals surface area contributed by atoms with Crippen molar-refractivity contribution in [3.63, 3.8) is 0 Å². The van der Waals surface area contributed by atoms with Crippen molar-refractivity contribution in [3.05, 3.63) is 18.2 Å². The van der Waals surface area contributed by atoms with Crippen LogP contribution in [-0.2, 0) is 14.8 Å². The highest BCUT2D eigenvalue weighted by Crippen LogP contribution is 2.33. The van der Waals surface area contributed by atoms with E-state index >= 15 is 0 Å². The van der Waals surface area contributed by atoms with Crippen LogP contribution < -0.4 is 14.9 Å². The molecule has 0 unspecified atom stereocenters. The van der Waals surface area contributed by atoms with Gasteiger partial charge in [0.1, 0.15) is 4.90 Å². The van der Waals surface area contributed by atoms with E-state index < -0.39 is 15.4 Å². The van der Waals surface area contributed by atoms with Crippen molar-refractivity contribution >= 4 is 27.3 Å². The molecule has 2 rings (SSSR count). The molecule has 1 aromatic rings. The Bertz CT molecular complexity index is 800. The summed E-state index contributed by atoms with van der Waals surface area (Å²) in [7, 11) is -3.71. The molecule has 7 heteroatoms. The number of nitrogens with one attached hydrogen (secondary N) is 2. The number of hydrogen-bond acceptors (Lipinski definition) is 4. The SMILES string of the molecule is CC[C@H](C)NS(=O)(=O)c1cc(NC(=O)C(C)(C)C)ccc1N1CCCC[C@@H]1C. The number of sulfonamides is 1. The molecule has 0 radical (unpaired) electrons. The molecule has 0 saturated carbocycles. The van der Waals surface area contributed by atoms with Crippen molar-refractivity contribution in [2.75, 3.05) is 16.8 Å². The first kappa shape index (κ1) is 22.7. The normalized spacial score (nSPS) is 19.4. The van der Waals surface area contributed by atoms with Crippen molar-refractivity contribution in [1.82, 2.24) is 4.72 Å². The lowest BCUT2D eigenvalue weighted by molar-refractivity contribution is -0.123. The summed E-state index contributed by atoms with van der Waals surface area (Å²) < 4.78 is 29.1. The van der Waals surface area contributed by atoms with Gasteiger partial charge in [-0.05, 0) is 57.7 Å². The lowest BCUT2D eigenvalue weighted by Gasteiger charge is -2.36. The zero-order valence-electron chi connectivity index (χ0n) is 18.0. The second-order valence-corrected chi connectivity index (χ2v) is 10.5. The molecule has 1 aliphatic rings. The first-order chi connectivity index (χ1) is 13.0. The number of anilines is 2. The Morgan fingerprint density at radius 1 is 1.29 bits per heavy atom. The molecule has 0 aromatic heterocycles. The summed E-state index contributed by atoms with van der Waals surface area (Å²) in [5.41, 5.74) is 0.642. The van der Waals surface area contributed by atoms with Gasteiger partial charge in [-0.15, -0.1) is 0 Å². The zero-order chi connectivity index (χ0) is 21.1. The van der Waals surface area contributed by atoms with Gasteiger partial charge in [0.05, 0.1) is 5.69 Å². The van der Waals surface area contributed by atoms with Crippen LogP contribution in [0.3, 0.4) is 0 Å². The summed E-state index contributed by atoms with van der Waals surface area (Å²) in [5.74, 6) is -0.148. The summed E-state index contributed by atoms with van der Waals surface area (Å²) >= 11 is 0. The second kappa shape index (κ2) is 8.82. The van der Waals surface area contributed by atoms with Crippen LogP contribution >= 0.6 is 0 Å². The van der Waals surface area contributed by atoms with Crippen molar-refractivity contribution in [2.45, 2.75) is 84.2 Å². The highest BCUT2D eigenvalue weighted by Gasteiger charge is 2.28. The van der Waals surface area contributed by atoms with Crippen LogP contribution in [-0.4, -0.2) is 33.0 Å². The molecular formula is C21H35N3O3S. The topological polar surface area (TPSA) is 78.5 Å². The van der Waals surface area contributed by atoms with Gasteiger partial charge in [0.15, 0.2) is 0 Å². The third-order valence-electron chi connectivity index (χ3n) is 5.27. The minimum absolute atomic E-state index is 0.148. The summed E-state index contributed by atoms with van der Waals surface area (Å²) in [6.07, 6.45) is 3.95. The van der Waals surface area contributed by atoms with E-state index in [4.69, 9.17) is 0 Å². The van der Waals surface area contributed by atoms with E-state index in [0.29, 0.717) is 17.8 Å². The fraction of sp³-hybridized carbons (Fsp3) is 0.667. The monoisotopic (exact) mass is 409 g/mol. The molecule has 0 bridgehead atoms. The number of carbonyl (C=O) groups excluding carboxylic acids is 1. The Hall–Kier alpha value is -1.60. The fourth-order valence-electron chi connectivity index (χ4n) is 3.23. The van der Waals surface area contributed by atoms with E-state index in [-0.39, 0.29) is 22.9 Å². The predicted octanol–water partition coefficient (Wildman–Crippen LogP) is 4.13. The van der Waals surface area contributed by atoms with Gasteiger partial charge in [0.2, 0.25) is 15.9 Å². The van der Waals surface area contributed by atoms with Gasteiger partial charge in [-0.1, -0.05) is 27.7 Å². The molecule has 1 aromatic carbocycles. The van der Waals surface area contributed by atoms with E-state index in [1.807, 2.05) is 40.7 Å². The molecule has 0 spiro atoms. The van der Waals surface area contributed by atoms with Gasteiger partial charge >= 0.3 is 0 Å². The van der Waals surface area contributed by atoms with Crippen molar-refractivity contribution in [3.8, 4) is 0 Å². The molecule has 1 saturated heterocycles. The molecule has 1 fully saturated rings. The molecule has 2 N–H and O–H groups in total. The summed E-state index contributed by atoms with van der Waals surface area (Å²) in [6.45, 7) is 12.2. The third-order valence-corrected chi connectivity index (χ3v) is 6.89. The summed E-state index contributed by atoms with van der Waals surface area (Å²) in [6, 6.07) is 5.32. The van der Waals surface area contributed by atoms with Crippen LogP contribution in [0.1, 0.15) is 67.2 Å². The quantitative estimate of drug-likeness (QED) is 0.740. The first-order valence-corrected chi connectivity index (χ1v) is 11.7. The van der Waals surface area contributed by atoms with Crippen LogP contribution in [0.4, 0.5) is 11.4 Å². The van der Waals surface area contributed by atoms with Crippen molar-refractivity contribution < 1.29 is 13.2 Å². The van der Waals surface area contributed by atoms with Gasteiger partial charge in [0.25, 0.3) is 0 Å². The number of carbonyl (C=O) groups is 1. The largest absolute Gasteiger partial charge is 0.368 e. The van der Waals surface area contributed by atoms with Gasteiger partial charge in [-0.3, -0.25) is 4.79 Å². The minimum Gasteiger partial charge on any atom is -0.368 e. The van der Waals surface area contributed by atoms with Gasteiger partial charge in [0, 0.05) is 29.7 Å². The Morgan fingerprint density at radius 2 is 1.96 bits per heavy atom. The molecule has 2 atom stereocenters. The average molecular weight is 410 g/mol. The molecule has 1 heterocycles. The number of amides is 1. The van der Waals surface area contributed by atoms with Crippen LogP contribution in [0.5, 0.6) is 0 Å². The van der Waals surface area contributed by atoms with Gasteiger partial charge in [-0.25, -0.2) is 13.1 Å². The average Bonchev–Trinajstić information content (AvgIpc) is 2.61. The Kier molecular flexibility index (Phi) is 7.15. The number of hydrogen-bond donors (Lipinski definition) is 2. The number of benzene rings is 1. The smallest absolute Gasteiger partial charge is 0.242 e. The van der Waals surface area contributed by atoms with E-state index in [2.05, 4.69) is 21.9 Å². The number of piperidine rings is 1. The number of rotatable bonds is 6. The summed E-state index contributed by atoms with van der Waals surface area (Å²) in [5, 5.41) is 2.85. The maximum Gasteiger partial charge on any atom is 0.242 e. The molecule has 158 valence electrons. The molecular weight excluding hydrogens is 374 g/mol. The van der Waals surface area contributed by atoms with Crippen molar-refractivity contribution in [2.24, 2.45) is 5.41 Å². The van der Waals surface area contributed by atoms with E-state index in [1.165, 1.54) is 0 Å². The molecule has 6 nitrogen and oxygen atoms in total. The maximum absolute atomic E-state index is 13.2. The Morgan fingerprint density at radius 3 is 2.54 bits per heavy atom. The number of nitrogens with zero attached hydrogens (tertiary/aromatic N) is 1. The highest BCUT2D eigenvalue weighted by molar-refractivity contribution is 7.89. The van der Waals surface area contributed by atoms with Crippen LogP contribution in [0, 0.1) is 5.41 Å². The molecule has 1 aliphatic heterocycles. The van der Waals surface area contributed by atoms with E-state index in [9.17, 15) is 13.2 Å². The third kappa shape index (κ3) is 5.47. The minimum atomic E-state index is -3.71. The van der Waals surface area contributed by atoms with Crippen molar-refractivity contribution in [1.29, 1.82) is 0 Å². The van der Waals surface area contributed by atoms with E-state index in [1.54, 1.807) is 12.1 Å². The Balaban J connectivity index is 2.48. The second-order valence-electron chi connectivity index (χ2n) is 8.86. The highest BCUT2D eigenvalue weighted by atomic mass is 32.2. The lowest BCUT2D eigenvalue weighted by atomic mass is 9.95. The van der Waals surface area contributed by atoms with Gasteiger partial charge < -0.3 is 10.2 Å².